The number of methoxy groups -OCH3 is 1. The van der Waals surface area contributed by atoms with Gasteiger partial charge in [-0.15, -0.1) is 0 Å². The van der Waals surface area contributed by atoms with Gasteiger partial charge in [-0.3, -0.25) is 4.79 Å². The van der Waals surface area contributed by atoms with E-state index in [9.17, 15) is 4.79 Å². The molecule has 35 heavy (non-hydrogen) atoms. The van der Waals surface area contributed by atoms with Gasteiger partial charge in [0.15, 0.2) is 6.61 Å². The summed E-state index contributed by atoms with van der Waals surface area (Å²) < 4.78 is 16.6. The molecule has 3 aromatic carbocycles. The van der Waals surface area contributed by atoms with Crippen molar-refractivity contribution in [3.63, 3.8) is 0 Å². The predicted octanol–water partition coefficient (Wildman–Crippen LogP) is 4.14. The van der Waals surface area contributed by atoms with Crippen molar-refractivity contribution in [2.75, 3.05) is 44.8 Å². The molecule has 0 atom stereocenters. The first kappa shape index (κ1) is 22.5. The molecule has 1 saturated heterocycles. The first-order valence-corrected chi connectivity index (χ1v) is 11.5. The van der Waals surface area contributed by atoms with Gasteiger partial charge in [0.1, 0.15) is 11.5 Å². The molecule has 1 amide bonds. The lowest BCUT2D eigenvalue weighted by Gasteiger charge is -2.36. The van der Waals surface area contributed by atoms with Crippen LogP contribution in [0.5, 0.6) is 11.5 Å². The number of amides is 1. The van der Waals surface area contributed by atoms with Gasteiger partial charge in [0, 0.05) is 37.4 Å². The molecule has 0 unspecified atom stereocenters. The Morgan fingerprint density at radius 2 is 1.63 bits per heavy atom. The van der Waals surface area contributed by atoms with Crippen molar-refractivity contribution in [3.8, 4) is 34.3 Å². The Kier molecular flexibility index (Phi) is 6.61. The summed E-state index contributed by atoms with van der Waals surface area (Å²) in [6.07, 6.45) is 0. The second-order valence-corrected chi connectivity index (χ2v) is 8.14. The van der Waals surface area contributed by atoms with E-state index in [2.05, 4.69) is 15.0 Å². The highest BCUT2D eigenvalue weighted by Crippen LogP contribution is 2.30. The van der Waals surface area contributed by atoms with Gasteiger partial charge in [-0.25, -0.2) is 0 Å². The maximum atomic E-state index is 12.8. The van der Waals surface area contributed by atoms with Gasteiger partial charge in [0.05, 0.1) is 12.7 Å². The Balaban J connectivity index is 1.19. The molecule has 4 aromatic rings. The number of anilines is 1. The molecule has 0 saturated carbocycles. The number of para-hydroxylation sites is 1. The van der Waals surface area contributed by atoms with Crippen molar-refractivity contribution in [1.82, 2.24) is 15.0 Å². The van der Waals surface area contributed by atoms with Crippen molar-refractivity contribution < 1.29 is 18.8 Å². The molecule has 0 aliphatic carbocycles. The smallest absolute Gasteiger partial charge is 0.262 e. The molecule has 1 fully saturated rings. The van der Waals surface area contributed by atoms with Crippen LogP contribution in [0.1, 0.15) is 0 Å². The van der Waals surface area contributed by atoms with E-state index in [0.29, 0.717) is 36.1 Å². The minimum atomic E-state index is -0.0563. The Hall–Kier alpha value is -4.33. The van der Waals surface area contributed by atoms with Crippen LogP contribution in [0.4, 0.5) is 5.69 Å². The summed E-state index contributed by atoms with van der Waals surface area (Å²) in [4.78, 5) is 21.5. The molecule has 8 heteroatoms. The largest absolute Gasteiger partial charge is 0.497 e. The van der Waals surface area contributed by atoms with E-state index in [1.165, 1.54) is 0 Å². The first-order valence-electron chi connectivity index (χ1n) is 11.5. The van der Waals surface area contributed by atoms with Crippen LogP contribution in [0.3, 0.4) is 0 Å². The molecule has 8 nitrogen and oxygen atoms in total. The van der Waals surface area contributed by atoms with Gasteiger partial charge in [-0.2, -0.15) is 4.98 Å². The fraction of sp³-hybridized carbons (Fsp3) is 0.222. The normalized spacial score (nSPS) is 13.5. The van der Waals surface area contributed by atoms with Crippen LogP contribution in [-0.4, -0.2) is 60.8 Å². The molecule has 178 valence electrons. The summed E-state index contributed by atoms with van der Waals surface area (Å²) in [5.41, 5.74) is 2.64. The number of benzene rings is 3. The van der Waals surface area contributed by atoms with Crippen molar-refractivity contribution in [2.45, 2.75) is 0 Å². The predicted molar refractivity (Wildman–Crippen MR) is 132 cm³/mol. The van der Waals surface area contributed by atoms with Crippen LogP contribution in [0.2, 0.25) is 0 Å². The third kappa shape index (κ3) is 5.11. The average molecular weight is 471 g/mol. The zero-order valence-electron chi connectivity index (χ0n) is 19.5. The number of ether oxygens (including phenoxy) is 2. The minimum Gasteiger partial charge on any atom is -0.497 e. The number of nitrogens with zero attached hydrogens (tertiary/aromatic N) is 4. The van der Waals surface area contributed by atoms with Crippen LogP contribution in [0.15, 0.2) is 83.4 Å². The Morgan fingerprint density at radius 1 is 0.914 bits per heavy atom. The van der Waals surface area contributed by atoms with E-state index in [1.54, 1.807) is 13.2 Å². The van der Waals surface area contributed by atoms with E-state index in [4.69, 9.17) is 14.0 Å². The van der Waals surface area contributed by atoms with E-state index in [0.717, 1.165) is 30.1 Å². The Labute approximate surface area is 203 Å². The number of carbonyl (C=O) groups is 1. The zero-order valence-corrected chi connectivity index (χ0v) is 19.5. The van der Waals surface area contributed by atoms with Crippen molar-refractivity contribution in [2.24, 2.45) is 0 Å². The molecule has 0 bridgehead atoms. The lowest BCUT2D eigenvalue weighted by atomic mass is 10.2. The highest BCUT2D eigenvalue weighted by Gasteiger charge is 2.22. The van der Waals surface area contributed by atoms with E-state index in [-0.39, 0.29) is 12.5 Å². The number of hydrogen-bond acceptors (Lipinski definition) is 7. The third-order valence-electron chi connectivity index (χ3n) is 6.00. The molecule has 1 aliphatic rings. The van der Waals surface area contributed by atoms with Gasteiger partial charge in [-0.1, -0.05) is 47.6 Å². The first-order chi connectivity index (χ1) is 17.2. The summed E-state index contributed by atoms with van der Waals surface area (Å²) in [5.74, 6) is 2.16. The molecule has 0 spiro atoms. The van der Waals surface area contributed by atoms with Crippen LogP contribution in [0, 0.1) is 0 Å². The minimum absolute atomic E-state index is 0.0512. The molecule has 0 radical (unpaired) electrons. The number of rotatable bonds is 7. The maximum Gasteiger partial charge on any atom is 0.262 e. The summed E-state index contributed by atoms with van der Waals surface area (Å²) >= 11 is 0. The molecular weight excluding hydrogens is 444 g/mol. The second kappa shape index (κ2) is 10.3. The van der Waals surface area contributed by atoms with Crippen molar-refractivity contribution >= 4 is 11.6 Å². The SMILES string of the molecule is COc1ccc(N2CCN(C(=O)COc3ccccc3-c3nc(-c4ccccc4)no3)CC2)cc1. The Morgan fingerprint density at radius 3 is 2.37 bits per heavy atom. The Bertz CT molecular complexity index is 1270. The van der Waals surface area contributed by atoms with Gasteiger partial charge in [0.25, 0.3) is 11.8 Å². The summed E-state index contributed by atoms with van der Waals surface area (Å²) in [5, 5.41) is 4.09. The molecule has 5 rings (SSSR count). The standard InChI is InChI=1S/C27H26N4O4/c1-33-22-13-11-21(12-14-22)30-15-17-31(18-16-30)25(32)19-34-24-10-6-5-9-23(24)27-28-26(29-35-27)20-7-3-2-4-8-20/h2-14H,15-19H2,1H3. The van der Waals surface area contributed by atoms with Crippen molar-refractivity contribution in [1.29, 1.82) is 0 Å². The van der Waals surface area contributed by atoms with Crippen LogP contribution < -0.4 is 14.4 Å². The summed E-state index contributed by atoms with van der Waals surface area (Å²) in [6, 6.07) is 25.0. The lowest BCUT2D eigenvalue weighted by molar-refractivity contribution is -0.133. The topological polar surface area (TPSA) is 80.9 Å². The molecule has 2 heterocycles. The number of carbonyl (C=O) groups excluding carboxylic acids is 1. The van der Waals surface area contributed by atoms with Crippen LogP contribution >= 0.6 is 0 Å². The number of hydrogen-bond donors (Lipinski definition) is 0. The van der Waals surface area contributed by atoms with Crippen LogP contribution in [-0.2, 0) is 4.79 Å². The van der Waals surface area contributed by atoms with Gasteiger partial charge in [0.2, 0.25) is 5.82 Å². The highest BCUT2D eigenvalue weighted by molar-refractivity contribution is 5.78. The van der Waals surface area contributed by atoms with Crippen molar-refractivity contribution in [3.05, 3.63) is 78.9 Å². The zero-order chi connectivity index (χ0) is 24.0. The highest BCUT2D eigenvalue weighted by atomic mass is 16.5. The number of piperazine rings is 1. The quantitative estimate of drug-likeness (QED) is 0.402. The maximum absolute atomic E-state index is 12.8. The fourth-order valence-corrected chi connectivity index (χ4v) is 4.04. The molecule has 0 N–H and O–H groups in total. The van der Waals surface area contributed by atoms with Gasteiger partial charge < -0.3 is 23.8 Å². The monoisotopic (exact) mass is 470 g/mol. The number of aromatic nitrogens is 2. The lowest BCUT2D eigenvalue weighted by Crippen LogP contribution is -2.50. The van der Waals surface area contributed by atoms with Gasteiger partial charge in [-0.05, 0) is 36.4 Å². The summed E-state index contributed by atoms with van der Waals surface area (Å²) in [6.45, 7) is 2.75. The van der Waals surface area contributed by atoms with Crippen LogP contribution in [0.25, 0.3) is 22.8 Å². The second-order valence-electron chi connectivity index (χ2n) is 8.14. The van der Waals surface area contributed by atoms with E-state index < -0.39 is 0 Å². The molecular formula is C27H26N4O4. The van der Waals surface area contributed by atoms with E-state index >= 15 is 0 Å². The average Bonchev–Trinajstić information content (AvgIpc) is 3.43. The fourth-order valence-electron chi connectivity index (χ4n) is 4.04. The van der Waals surface area contributed by atoms with E-state index in [1.807, 2.05) is 77.7 Å². The molecule has 1 aliphatic heterocycles. The molecule has 1 aromatic heterocycles. The summed E-state index contributed by atoms with van der Waals surface area (Å²) in [7, 11) is 1.66. The van der Waals surface area contributed by atoms with Gasteiger partial charge >= 0.3 is 0 Å². The third-order valence-corrected chi connectivity index (χ3v) is 6.00.